The molecule has 0 bridgehead atoms. The maximum Gasteiger partial charge on any atom is 0.211 e. The van der Waals surface area contributed by atoms with Gasteiger partial charge in [-0.25, -0.2) is 13.6 Å². The van der Waals surface area contributed by atoms with Crippen LogP contribution in [-0.2, 0) is 14.8 Å². The molecule has 0 fully saturated rings. The molecular formula is C12H16N2O5S. The van der Waals surface area contributed by atoms with Crippen LogP contribution in [0.3, 0.4) is 0 Å². The number of ether oxygens (including phenoxy) is 3. The Bertz CT molecular complexity index is 580. The molecule has 20 heavy (non-hydrogen) atoms. The normalized spacial score (nSPS) is 10.8. The first-order chi connectivity index (χ1) is 9.44. The van der Waals surface area contributed by atoms with E-state index < -0.39 is 10.0 Å². The molecule has 0 aliphatic carbocycles. The zero-order chi connectivity index (χ0) is 15.0. The number of hydrogen-bond acceptors (Lipinski definition) is 6. The van der Waals surface area contributed by atoms with Crippen LogP contribution < -0.4 is 14.6 Å². The van der Waals surface area contributed by atoms with Crippen molar-refractivity contribution in [1.29, 1.82) is 5.26 Å². The van der Waals surface area contributed by atoms with Gasteiger partial charge in [-0.05, 0) is 12.1 Å². The Kier molecular flexibility index (Phi) is 6.24. The summed E-state index contributed by atoms with van der Waals surface area (Å²) in [5.41, 5.74) is 0.425. The molecule has 0 heterocycles. The number of hydrogen-bond donors (Lipinski definition) is 1. The standard InChI is InChI=1S/C12H16N2O5S/c1-17-11-6-10(9-13)7-12(8-11)19-3-2-18-4-5-20(14,15)16/h6-8H,2-5H2,1H3,(H2,14,15,16). The second kappa shape index (κ2) is 7.69. The summed E-state index contributed by atoms with van der Waals surface area (Å²) in [6.07, 6.45) is 0. The van der Waals surface area contributed by atoms with Gasteiger partial charge >= 0.3 is 0 Å². The number of nitrogens with two attached hydrogens (primary N) is 1. The maximum absolute atomic E-state index is 10.6. The van der Waals surface area contributed by atoms with Gasteiger partial charge in [0.05, 0.1) is 37.7 Å². The summed E-state index contributed by atoms with van der Waals surface area (Å²) < 4.78 is 36.8. The van der Waals surface area contributed by atoms with Crippen LogP contribution in [0.2, 0.25) is 0 Å². The number of methoxy groups -OCH3 is 1. The van der Waals surface area contributed by atoms with Crippen molar-refractivity contribution < 1.29 is 22.6 Å². The molecule has 110 valence electrons. The zero-order valence-electron chi connectivity index (χ0n) is 11.0. The number of nitrogens with zero attached hydrogens (tertiary/aromatic N) is 1. The number of sulfonamides is 1. The molecule has 0 aliphatic rings. The number of primary sulfonamides is 1. The second-order valence-corrected chi connectivity index (χ2v) is 5.57. The Morgan fingerprint density at radius 3 is 2.50 bits per heavy atom. The van der Waals surface area contributed by atoms with Crippen molar-refractivity contribution in [2.45, 2.75) is 0 Å². The van der Waals surface area contributed by atoms with E-state index in [1.54, 1.807) is 18.2 Å². The van der Waals surface area contributed by atoms with E-state index in [0.717, 1.165) is 0 Å². The van der Waals surface area contributed by atoms with Gasteiger partial charge in [0.15, 0.2) is 0 Å². The molecule has 1 aromatic carbocycles. The molecule has 2 N–H and O–H groups in total. The van der Waals surface area contributed by atoms with Crippen molar-refractivity contribution in [3.63, 3.8) is 0 Å². The van der Waals surface area contributed by atoms with Crippen molar-refractivity contribution >= 4 is 10.0 Å². The Labute approximate surface area is 117 Å². The van der Waals surface area contributed by atoms with Crippen LogP contribution >= 0.6 is 0 Å². The smallest absolute Gasteiger partial charge is 0.211 e. The Morgan fingerprint density at radius 2 is 1.90 bits per heavy atom. The van der Waals surface area contributed by atoms with Crippen molar-refractivity contribution in [2.24, 2.45) is 5.14 Å². The fraction of sp³-hybridized carbons (Fsp3) is 0.417. The summed E-state index contributed by atoms with van der Waals surface area (Å²) in [7, 11) is -2.00. The van der Waals surface area contributed by atoms with Crippen molar-refractivity contribution in [1.82, 2.24) is 0 Å². The summed E-state index contributed by atoms with van der Waals surface area (Å²) in [5, 5.41) is 13.7. The van der Waals surface area contributed by atoms with Crippen LogP contribution in [0.4, 0.5) is 0 Å². The minimum atomic E-state index is -3.50. The summed E-state index contributed by atoms with van der Waals surface area (Å²) in [6.45, 7) is 0.459. The Balaban J connectivity index is 2.37. The lowest BCUT2D eigenvalue weighted by Gasteiger charge is -2.09. The SMILES string of the molecule is COc1cc(C#N)cc(OCCOCCS(N)(=O)=O)c1. The molecule has 0 aliphatic heterocycles. The number of rotatable bonds is 8. The maximum atomic E-state index is 10.6. The van der Waals surface area contributed by atoms with E-state index >= 15 is 0 Å². The van der Waals surface area contributed by atoms with E-state index in [-0.39, 0.29) is 25.6 Å². The van der Waals surface area contributed by atoms with Gasteiger partial charge in [-0.15, -0.1) is 0 Å². The predicted molar refractivity (Wildman–Crippen MR) is 72.0 cm³/mol. The molecule has 0 saturated carbocycles. The molecule has 0 unspecified atom stereocenters. The first-order valence-electron chi connectivity index (χ1n) is 5.75. The van der Waals surface area contributed by atoms with Crippen LogP contribution in [0.5, 0.6) is 11.5 Å². The van der Waals surface area contributed by atoms with E-state index in [1.165, 1.54) is 7.11 Å². The van der Waals surface area contributed by atoms with E-state index in [0.29, 0.717) is 17.1 Å². The summed E-state index contributed by atoms with van der Waals surface area (Å²) in [5.74, 6) is 0.773. The fourth-order valence-electron chi connectivity index (χ4n) is 1.33. The third-order valence-corrected chi connectivity index (χ3v) is 2.99. The summed E-state index contributed by atoms with van der Waals surface area (Å²) in [4.78, 5) is 0. The molecular weight excluding hydrogens is 284 g/mol. The Morgan fingerprint density at radius 1 is 1.20 bits per heavy atom. The molecule has 0 aromatic heterocycles. The first kappa shape index (κ1) is 16.2. The van der Waals surface area contributed by atoms with Gasteiger partial charge in [-0.3, -0.25) is 0 Å². The third kappa shape index (κ3) is 6.38. The third-order valence-electron chi connectivity index (χ3n) is 2.25. The molecule has 0 radical (unpaired) electrons. The highest BCUT2D eigenvalue weighted by Crippen LogP contribution is 2.22. The lowest BCUT2D eigenvalue weighted by atomic mass is 10.2. The van der Waals surface area contributed by atoms with Gasteiger partial charge in [0.25, 0.3) is 0 Å². The minimum Gasteiger partial charge on any atom is -0.497 e. The van der Waals surface area contributed by atoms with Gasteiger partial charge in [0.2, 0.25) is 10.0 Å². The minimum absolute atomic E-state index is 0.0176. The lowest BCUT2D eigenvalue weighted by Crippen LogP contribution is -2.21. The topological polar surface area (TPSA) is 112 Å². The quantitative estimate of drug-likeness (QED) is 0.689. The van der Waals surface area contributed by atoms with Gasteiger partial charge in [0, 0.05) is 6.07 Å². The summed E-state index contributed by atoms with van der Waals surface area (Å²) in [6, 6.07) is 6.81. The number of benzene rings is 1. The molecule has 0 amide bonds. The van der Waals surface area contributed by atoms with Crippen LogP contribution in [-0.4, -0.2) is 41.1 Å². The van der Waals surface area contributed by atoms with Crippen LogP contribution in [0.1, 0.15) is 5.56 Å². The van der Waals surface area contributed by atoms with E-state index in [9.17, 15) is 8.42 Å². The molecule has 7 nitrogen and oxygen atoms in total. The number of nitriles is 1. The molecule has 1 aromatic rings. The molecule has 0 spiro atoms. The average molecular weight is 300 g/mol. The van der Waals surface area contributed by atoms with E-state index in [4.69, 9.17) is 24.6 Å². The van der Waals surface area contributed by atoms with E-state index in [1.807, 2.05) is 6.07 Å². The second-order valence-electron chi connectivity index (χ2n) is 3.84. The van der Waals surface area contributed by atoms with E-state index in [2.05, 4.69) is 0 Å². The predicted octanol–water partition coefficient (Wildman–Crippen LogP) is 0.251. The van der Waals surface area contributed by atoms with Crippen molar-refractivity contribution in [3.8, 4) is 17.6 Å². The molecule has 1 rings (SSSR count). The van der Waals surface area contributed by atoms with Gasteiger partial charge < -0.3 is 14.2 Å². The fourth-order valence-corrected chi connectivity index (χ4v) is 1.68. The molecule has 8 heteroatoms. The monoisotopic (exact) mass is 300 g/mol. The zero-order valence-corrected chi connectivity index (χ0v) is 11.9. The van der Waals surface area contributed by atoms with Crippen LogP contribution in [0.15, 0.2) is 18.2 Å². The van der Waals surface area contributed by atoms with Crippen LogP contribution in [0.25, 0.3) is 0 Å². The highest BCUT2D eigenvalue weighted by atomic mass is 32.2. The average Bonchev–Trinajstić information content (AvgIpc) is 2.41. The van der Waals surface area contributed by atoms with Crippen LogP contribution in [0, 0.1) is 11.3 Å². The van der Waals surface area contributed by atoms with Crippen molar-refractivity contribution in [3.05, 3.63) is 23.8 Å². The highest BCUT2D eigenvalue weighted by Gasteiger charge is 2.03. The largest absolute Gasteiger partial charge is 0.497 e. The van der Waals surface area contributed by atoms with Gasteiger partial charge in [0.1, 0.15) is 18.1 Å². The first-order valence-corrected chi connectivity index (χ1v) is 7.46. The molecule has 0 saturated heterocycles. The van der Waals surface area contributed by atoms with Crippen molar-refractivity contribution in [2.75, 3.05) is 32.7 Å². The lowest BCUT2D eigenvalue weighted by molar-refractivity contribution is 0.111. The molecule has 0 atom stereocenters. The summed E-state index contributed by atoms with van der Waals surface area (Å²) >= 11 is 0. The van der Waals surface area contributed by atoms with Gasteiger partial charge in [-0.1, -0.05) is 0 Å². The highest BCUT2D eigenvalue weighted by molar-refractivity contribution is 7.89. The van der Waals surface area contributed by atoms with Gasteiger partial charge in [-0.2, -0.15) is 5.26 Å². The Hall–Kier alpha value is -1.82.